The van der Waals surface area contributed by atoms with Gasteiger partial charge in [-0.05, 0) is 37.8 Å². The van der Waals surface area contributed by atoms with Crippen LogP contribution in [0.5, 0.6) is 0 Å². The van der Waals surface area contributed by atoms with E-state index >= 15 is 0 Å². The number of benzene rings is 1. The molecule has 1 saturated carbocycles. The molecule has 0 unspecified atom stereocenters. The molecule has 1 aliphatic rings. The topological polar surface area (TPSA) is 28.7 Å². The number of aromatic nitrogens is 2. The fourth-order valence-electron chi connectivity index (χ4n) is 1.62. The molecule has 3 rings (SSSR count). The van der Waals surface area contributed by atoms with Crippen LogP contribution in [0.4, 0.5) is 0 Å². The molecule has 1 aliphatic carbocycles. The van der Waals surface area contributed by atoms with Gasteiger partial charge in [0.15, 0.2) is 0 Å². The Hall–Kier alpha value is -1.31. The highest BCUT2D eigenvalue weighted by molar-refractivity contribution is 5.75. The summed E-state index contributed by atoms with van der Waals surface area (Å²) >= 11 is 0. The largest absolute Gasteiger partial charge is 0.341 e. The first kappa shape index (κ1) is 8.04. The van der Waals surface area contributed by atoms with Crippen molar-refractivity contribution in [2.75, 3.05) is 0 Å². The number of aromatic amines is 1. The lowest BCUT2D eigenvalue weighted by Crippen LogP contribution is -1.96. The van der Waals surface area contributed by atoms with Gasteiger partial charge in [-0.25, -0.2) is 4.98 Å². The van der Waals surface area contributed by atoms with Crippen LogP contribution in [-0.2, 0) is 0 Å². The van der Waals surface area contributed by atoms with Gasteiger partial charge >= 0.3 is 0 Å². The summed E-state index contributed by atoms with van der Waals surface area (Å²) in [5.74, 6) is 2.08. The van der Waals surface area contributed by atoms with Crippen molar-refractivity contribution in [3.8, 4) is 0 Å². The summed E-state index contributed by atoms with van der Waals surface area (Å²) in [7, 11) is 0. The van der Waals surface area contributed by atoms with Gasteiger partial charge in [-0.15, -0.1) is 0 Å². The predicted molar refractivity (Wildman–Crippen MR) is 55.6 cm³/mol. The Balaban J connectivity index is 2.05. The summed E-state index contributed by atoms with van der Waals surface area (Å²) in [6.07, 6.45) is 8.14. The van der Waals surface area contributed by atoms with Gasteiger partial charge in [0.25, 0.3) is 0 Å². The van der Waals surface area contributed by atoms with Gasteiger partial charge in [0, 0.05) is 5.92 Å². The Morgan fingerprint density at radius 2 is 1.79 bits per heavy atom. The van der Waals surface area contributed by atoms with Crippen molar-refractivity contribution in [2.24, 2.45) is 0 Å². The lowest BCUT2D eigenvalue weighted by molar-refractivity contribution is 1.10. The average Bonchev–Trinajstić information content (AvgIpc) is 2.86. The molecule has 0 spiro atoms. The van der Waals surface area contributed by atoms with Crippen LogP contribution >= 0.6 is 0 Å². The van der Waals surface area contributed by atoms with E-state index in [2.05, 4.69) is 22.8 Å². The number of hydrogen-bond acceptors (Lipinski definition) is 1. The number of imidazole rings is 1. The molecular formula is C12H9N2. The second kappa shape index (κ2) is 3.12. The van der Waals surface area contributed by atoms with E-state index in [1.54, 1.807) is 0 Å². The molecule has 0 aliphatic heterocycles. The van der Waals surface area contributed by atoms with Crippen molar-refractivity contribution < 1.29 is 0 Å². The van der Waals surface area contributed by atoms with E-state index in [1.165, 1.54) is 0 Å². The summed E-state index contributed by atoms with van der Waals surface area (Å²) < 4.78 is 0. The summed E-state index contributed by atoms with van der Waals surface area (Å²) in [4.78, 5) is 7.79. The second-order valence-electron chi connectivity index (χ2n) is 3.28. The third kappa shape index (κ3) is 1.22. The Labute approximate surface area is 83.4 Å². The van der Waals surface area contributed by atoms with Gasteiger partial charge in [0.2, 0.25) is 0 Å². The molecule has 1 fully saturated rings. The molecule has 1 aromatic heterocycles. The molecule has 0 bridgehead atoms. The highest BCUT2D eigenvalue weighted by Crippen LogP contribution is 2.29. The smallest absolute Gasteiger partial charge is 0.115 e. The van der Waals surface area contributed by atoms with Crippen molar-refractivity contribution in [3.63, 3.8) is 0 Å². The molecule has 1 aromatic carbocycles. The number of hydrogen-bond donors (Lipinski definition) is 1. The van der Waals surface area contributed by atoms with E-state index in [-0.39, 0.29) is 0 Å². The lowest BCUT2D eigenvalue weighted by Gasteiger charge is -2.00. The van der Waals surface area contributed by atoms with E-state index < -0.39 is 0 Å². The highest BCUT2D eigenvalue weighted by atomic mass is 14.9. The molecule has 2 nitrogen and oxygen atoms in total. The maximum atomic E-state index is 4.50. The number of rotatable bonds is 1. The van der Waals surface area contributed by atoms with Crippen LogP contribution in [0.1, 0.15) is 5.82 Å². The number of fused-ring (bicyclic) bond motifs is 1. The maximum absolute atomic E-state index is 4.50. The van der Waals surface area contributed by atoms with Crippen LogP contribution in [0, 0.1) is 31.6 Å². The molecule has 67 valence electrons. The van der Waals surface area contributed by atoms with Gasteiger partial charge in [-0.2, -0.15) is 0 Å². The van der Waals surface area contributed by atoms with Gasteiger partial charge < -0.3 is 4.98 Å². The third-order valence-corrected chi connectivity index (χ3v) is 2.33. The summed E-state index contributed by atoms with van der Waals surface area (Å²) in [5, 5.41) is 0. The molecule has 0 amide bonds. The van der Waals surface area contributed by atoms with Crippen molar-refractivity contribution in [1.29, 1.82) is 0 Å². The lowest BCUT2D eigenvalue weighted by atomic mass is 10.1. The minimum Gasteiger partial charge on any atom is -0.341 e. The first-order valence-electron chi connectivity index (χ1n) is 4.60. The monoisotopic (exact) mass is 181 g/mol. The Morgan fingerprint density at radius 3 is 2.57 bits per heavy atom. The summed E-state index contributed by atoms with van der Waals surface area (Å²) in [6, 6.07) is 8.06. The van der Waals surface area contributed by atoms with Gasteiger partial charge in [0.05, 0.1) is 11.0 Å². The fraction of sp³-hybridized carbons (Fsp3) is 0. The van der Waals surface area contributed by atoms with Crippen LogP contribution in [0.25, 0.3) is 11.0 Å². The van der Waals surface area contributed by atoms with E-state index in [0.717, 1.165) is 22.8 Å². The Bertz CT molecular complexity index is 405. The van der Waals surface area contributed by atoms with Crippen LogP contribution < -0.4 is 0 Å². The van der Waals surface area contributed by atoms with Crippen molar-refractivity contribution in [3.05, 3.63) is 61.7 Å². The standard InChI is InChI=1S/C12H9N2/c1-2-6-9(5-1)12-13-10-7-3-4-8-11(10)14-12/h1-8H,(H,13,14). The molecule has 2 aromatic rings. The molecule has 1 heterocycles. The van der Waals surface area contributed by atoms with Crippen LogP contribution in [0.3, 0.4) is 0 Å². The first-order valence-corrected chi connectivity index (χ1v) is 4.60. The van der Waals surface area contributed by atoms with Crippen molar-refractivity contribution in [1.82, 2.24) is 9.97 Å². The van der Waals surface area contributed by atoms with E-state index in [9.17, 15) is 0 Å². The Morgan fingerprint density at radius 1 is 1.00 bits per heavy atom. The second-order valence-corrected chi connectivity index (χ2v) is 3.28. The Kier molecular flexibility index (Phi) is 1.79. The zero-order chi connectivity index (χ0) is 9.38. The van der Waals surface area contributed by atoms with E-state index in [1.807, 2.05) is 37.1 Å². The minimum atomic E-state index is 0.941. The molecular weight excluding hydrogens is 172 g/mol. The van der Waals surface area contributed by atoms with E-state index in [0.29, 0.717) is 0 Å². The normalized spacial score (nSPS) is 18.0. The van der Waals surface area contributed by atoms with E-state index in [4.69, 9.17) is 0 Å². The minimum absolute atomic E-state index is 0.941. The van der Waals surface area contributed by atoms with Gasteiger partial charge in [-0.3, -0.25) is 0 Å². The van der Waals surface area contributed by atoms with Crippen LogP contribution in [0.2, 0.25) is 0 Å². The molecule has 0 atom stereocenters. The predicted octanol–water partition coefficient (Wildman–Crippen LogP) is 2.32. The summed E-state index contributed by atoms with van der Waals surface area (Å²) in [6.45, 7) is 0. The fourth-order valence-corrected chi connectivity index (χ4v) is 1.62. The average molecular weight is 181 g/mol. The third-order valence-electron chi connectivity index (χ3n) is 2.33. The summed E-state index contributed by atoms with van der Waals surface area (Å²) in [5.41, 5.74) is 2.10. The SMILES string of the molecule is [CH]1[CH][CH][C](c2nc3ccccc3[nH]2)[CH]1. The first-order chi connectivity index (χ1) is 6.93. The molecule has 1 N–H and O–H groups in total. The molecule has 14 heavy (non-hydrogen) atoms. The molecule has 2 heteroatoms. The van der Waals surface area contributed by atoms with Gasteiger partial charge in [0.1, 0.15) is 5.82 Å². The zero-order valence-corrected chi connectivity index (χ0v) is 7.57. The number of para-hydroxylation sites is 2. The van der Waals surface area contributed by atoms with Crippen molar-refractivity contribution >= 4 is 11.0 Å². The van der Waals surface area contributed by atoms with Crippen molar-refractivity contribution in [2.45, 2.75) is 0 Å². The quantitative estimate of drug-likeness (QED) is 0.718. The zero-order valence-electron chi connectivity index (χ0n) is 7.57. The number of nitrogens with zero attached hydrogens (tertiary/aromatic N) is 1. The molecule has 5 radical (unpaired) electrons. The van der Waals surface area contributed by atoms with Crippen LogP contribution in [0.15, 0.2) is 24.3 Å². The number of nitrogens with one attached hydrogen (secondary N) is 1. The van der Waals surface area contributed by atoms with Gasteiger partial charge in [-0.1, -0.05) is 12.1 Å². The molecule has 0 saturated heterocycles. The maximum Gasteiger partial charge on any atom is 0.115 e. The van der Waals surface area contributed by atoms with Crippen LogP contribution in [-0.4, -0.2) is 9.97 Å². The highest BCUT2D eigenvalue weighted by Gasteiger charge is 2.21. The number of H-pyrrole nitrogens is 1.